The van der Waals surface area contributed by atoms with E-state index < -0.39 is 10.0 Å². The summed E-state index contributed by atoms with van der Waals surface area (Å²) in [6, 6.07) is 14.6. The lowest BCUT2D eigenvalue weighted by atomic mass is 9.87. The third-order valence-electron chi connectivity index (χ3n) is 6.15. The smallest absolute Gasteiger partial charge is 0.251 e. The third-order valence-corrected chi connectivity index (χ3v) is 8.05. The average Bonchev–Trinajstić information content (AvgIpc) is 2.74. The molecule has 29 heavy (non-hydrogen) atoms. The summed E-state index contributed by atoms with van der Waals surface area (Å²) in [6.45, 7) is 3.23. The van der Waals surface area contributed by atoms with Crippen LogP contribution < -0.4 is 5.32 Å². The maximum atomic E-state index is 13.0. The molecule has 0 saturated carbocycles. The molecule has 1 aliphatic carbocycles. The summed E-state index contributed by atoms with van der Waals surface area (Å²) in [7, 11) is -3.57. The van der Waals surface area contributed by atoms with Crippen LogP contribution >= 0.6 is 0 Å². The highest BCUT2D eigenvalue weighted by molar-refractivity contribution is 7.89. The van der Waals surface area contributed by atoms with Crippen LogP contribution in [0.3, 0.4) is 0 Å². The summed E-state index contributed by atoms with van der Waals surface area (Å²) >= 11 is 0. The highest BCUT2D eigenvalue weighted by Gasteiger charge is 2.29. The quantitative estimate of drug-likeness (QED) is 0.828. The van der Waals surface area contributed by atoms with Crippen molar-refractivity contribution in [2.45, 2.75) is 50.0 Å². The first-order valence-electron chi connectivity index (χ1n) is 10.4. The molecule has 1 amide bonds. The van der Waals surface area contributed by atoms with E-state index in [9.17, 15) is 13.2 Å². The fourth-order valence-electron chi connectivity index (χ4n) is 4.32. The van der Waals surface area contributed by atoms with Gasteiger partial charge in [0.05, 0.1) is 10.9 Å². The lowest BCUT2D eigenvalue weighted by molar-refractivity contribution is 0.0932. The predicted molar refractivity (Wildman–Crippen MR) is 113 cm³/mol. The van der Waals surface area contributed by atoms with Gasteiger partial charge < -0.3 is 5.32 Å². The van der Waals surface area contributed by atoms with Crippen LogP contribution in [-0.4, -0.2) is 31.7 Å². The minimum absolute atomic E-state index is 0.0312. The highest BCUT2D eigenvalue weighted by atomic mass is 32.2. The Morgan fingerprint density at radius 1 is 1.03 bits per heavy atom. The number of aryl methyl sites for hydroxylation is 1. The molecule has 1 atom stereocenters. The van der Waals surface area contributed by atoms with Gasteiger partial charge in [-0.3, -0.25) is 4.79 Å². The number of fused-ring (bicyclic) bond motifs is 1. The summed E-state index contributed by atoms with van der Waals surface area (Å²) in [4.78, 5) is 13.1. The number of hydrogen-bond donors (Lipinski definition) is 1. The van der Waals surface area contributed by atoms with E-state index in [4.69, 9.17) is 0 Å². The second-order valence-electron chi connectivity index (χ2n) is 8.23. The number of benzene rings is 2. The molecule has 1 fully saturated rings. The minimum Gasteiger partial charge on any atom is -0.345 e. The number of amides is 1. The first-order chi connectivity index (χ1) is 13.9. The Morgan fingerprint density at radius 2 is 1.79 bits per heavy atom. The van der Waals surface area contributed by atoms with Crippen molar-refractivity contribution in [2.75, 3.05) is 13.1 Å². The summed E-state index contributed by atoms with van der Waals surface area (Å²) in [6.07, 6.45) is 4.71. The lowest BCUT2D eigenvalue weighted by Gasteiger charge is -2.29. The zero-order valence-corrected chi connectivity index (χ0v) is 17.6. The van der Waals surface area contributed by atoms with Crippen LogP contribution in [0.15, 0.2) is 53.4 Å². The first kappa shape index (κ1) is 20.1. The molecule has 0 aromatic heterocycles. The van der Waals surface area contributed by atoms with E-state index in [1.165, 1.54) is 17.2 Å². The normalized spacial score (nSPS) is 20.8. The van der Waals surface area contributed by atoms with Gasteiger partial charge in [0, 0.05) is 18.7 Å². The monoisotopic (exact) mass is 412 g/mol. The second kappa shape index (κ2) is 8.28. The maximum Gasteiger partial charge on any atom is 0.251 e. The zero-order chi connectivity index (χ0) is 20.4. The average molecular weight is 413 g/mol. The molecule has 0 radical (unpaired) electrons. The maximum absolute atomic E-state index is 13.0. The summed E-state index contributed by atoms with van der Waals surface area (Å²) in [5.74, 6) is 0.327. The van der Waals surface area contributed by atoms with Crippen molar-refractivity contribution in [1.29, 1.82) is 0 Å². The fourth-order valence-corrected chi connectivity index (χ4v) is 5.83. The number of piperidine rings is 1. The molecule has 5 nitrogen and oxygen atoms in total. The lowest BCUT2D eigenvalue weighted by Crippen LogP contribution is -2.38. The Bertz CT molecular complexity index is 995. The summed E-state index contributed by atoms with van der Waals surface area (Å²) in [5, 5.41) is 3.11. The second-order valence-corrected chi connectivity index (χ2v) is 10.2. The van der Waals surface area contributed by atoms with Crippen molar-refractivity contribution in [3.63, 3.8) is 0 Å². The van der Waals surface area contributed by atoms with Gasteiger partial charge in [0.2, 0.25) is 10.0 Å². The fraction of sp³-hybridized carbons (Fsp3) is 0.435. The van der Waals surface area contributed by atoms with Crippen molar-refractivity contribution in [3.8, 4) is 0 Å². The molecule has 0 bridgehead atoms. The molecule has 154 valence electrons. The SMILES string of the molecule is CC1CCN(S(=O)(=O)c2cccc(C(=O)NC3CCCc4ccccc43)c2)CC1. The van der Waals surface area contributed by atoms with Gasteiger partial charge in [-0.25, -0.2) is 8.42 Å². The number of carbonyl (C=O) groups excluding carboxylic acids is 1. The number of nitrogens with one attached hydrogen (secondary N) is 1. The Hall–Kier alpha value is -2.18. The third kappa shape index (κ3) is 4.23. The van der Waals surface area contributed by atoms with E-state index >= 15 is 0 Å². The molecule has 2 aromatic rings. The van der Waals surface area contributed by atoms with Crippen LogP contribution in [0.2, 0.25) is 0 Å². The topological polar surface area (TPSA) is 66.5 Å². The van der Waals surface area contributed by atoms with Crippen LogP contribution in [0.4, 0.5) is 0 Å². The van der Waals surface area contributed by atoms with Crippen LogP contribution in [0.5, 0.6) is 0 Å². The van der Waals surface area contributed by atoms with Gasteiger partial charge in [-0.2, -0.15) is 4.31 Å². The molecule has 1 aliphatic heterocycles. The Morgan fingerprint density at radius 3 is 2.59 bits per heavy atom. The number of nitrogens with zero attached hydrogens (tertiary/aromatic N) is 1. The van der Waals surface area contributed by atoms with E-state index in [1.807, 2.05) is 12.1 Å². The molecule has 1 N–H and O–H groups in total. The predicted octanol–water partition coefficient (Wildman–Crippen LogP) is 3.91. The molecular weight excluding hydrogens is 384 g/mol. The number of rotatable bonds is 4. The molecule has 6 heteroatoms. The first-order valence-corrected chi connectivity index (χ1v) is 11.9. The van der Waals surface area contributed by atoms with Gasteiger partial charge in [0.1, 0.15) is 0 Å². The molecule has 1 saturated heterocycles. The Balaban J connectivity index is 1.52. The van der Waals surface area contributed by atoms with Crippen molar-refractivity contribution in [2.24, 2.45) is 5.92 Å². The summed E-state index contributed by atoms with van der Waals surface area (Å²) < 4.78 is 27.6. The summed E-state index contributed by atoms with van der Waals surface area (Å²) in [5.41, 5.74) is 2.83. The Labute approximate surface area is 173 Å². The molecule has 1 heterocycles. The van der Waals surface area contributed by atoms with Gasteiger partial charge in [0.15, 0.2) is 0 Å². The molecule has 2 aliphatic rings. The molecule has 0 spiro atoms. The van der Waals surface area contributed by atoms with Gasteiger partial charge in [0.25, 0.3) is 5.91 Å². The molecule has 4 rings (SSSR count). The molecule has 1 unspecified atom stereocenters. The minimum atomic E-state index is -3.57. The van der Waals surface area contributed by atoms with Crippen LogP contribution in [0.25, 0.3) is 0 Å². The number of hydrogen-bond acceptors (Lipinski definition) is 3. The number of carbonyl (C=O) groups is 1. The van der Waals surface area contributed by atoms with Crippen molar-refractivity contribution in [1.82, 2.24) is 9.62 Å². The van der Waals surface area contributed by atoms with E-state index in [2.05, 4.69) is 24.4 Å². The van der Waals surface area contributed by atoms with Gasteiger partial charge in [-0.1, -0.05) is 37.3 Å². The van der Waals surface area contributed by atoms with Crippen molar-refractivity contribution >= 4 is 15.9 Å². The van der Waals surface area contributed by atoms with Crippen molar-refractivity contribution in [3.05, 3.63) is 65.2 Å². The zero-order valence-electron chi connectivity index (χ0n) is 16.8. The molecule has 2 aromatic carbocycles. The Kier molecular flexibility index (Phi) is 5.74. The highest BCUT2D eigenvalue weighted by Crippen LogP contribution is 2.30. The van der Waals surface area contributed by atoms with Crippen LogP contribution in [0, 0.1) is 5.92 Å². The van der Waals surface area contributed by atoms with Gasteiger partial charge in [-0.15, -0.1) is 0 Å². The molecular formula is C23H28N2O3S. The standard InChI is InChI=1S/C23H28N2O3S/c1-17-12-14-25(15-13-17)29(27,28)20-9-4-8-19(16-20)23(26)24-22-11-5-7-18-6-2-3-10-21(18)22/h2-4,6,8-10,16-17,22H,5,7,11-15H2,1H3,(H,24,26). The van der Waals surface area contributed by atoms with Crippen molar-refractivity contribution < 1.29 is 13.2 Å². The van der Waals surface area contributed by atoms with Gasteiger partial charge in [-0.05, 0) is 67.3 Å². The van der Waals surface area contributed by atoms with Crippen LogP contribution in [0.1, 0.15) is 60.1 Å². The van der Waals surface area contributed by atoms with E-state index in [0.29, 0.717) is 24.6 Å². The largest absolute Gasteiger partial charge is 0.345 e. The van der Waals surface area contributed by atoms with E-state index in [0.717, 1.165) is 32.1 Å². The van der Waals surface area contributed by atoms with E-state index in [1.54, 1.807) is 22.5 Å². The number of sulfonamides is 1. The van der Waals surface area contributed by atoms with Crippen LogP contribution in [-0.2, 0) is 16.4 Å². The van der Waals surface area contributed by atoms with Gasteiger partial charge >= 0.3 is 0 Å². The van der Waals surface area contributed by atoms with E-state index in [-0.39, 0.29) is 16.8 Å².